The third kappa shape index (κ3) is 5.60. The van der Waals surface area contributed by atoms with E-state index in [0.29, 0.717) is 6.42 Å². The Kier molecular flexibility index (Phi) is 3.62. The molecule has 3 nitrogen and oxygen atoms in total. The van der Waals surface area contributed by atoms with E-state index in [9.17, 15) is 4.79 Å². The van der Waals surface area contributed by atoms with Crippen molar-refractivity contribution in [2.45, 2.75) is 33.2 Å². The number of hydrogen-bond acceptors (Lipinski definition) is 1. The van der Waals surface area contributed by atoms with Crippen molar-refractivity contribution in [2.75, 3.05) is 0 Å². The van der Waals surface area contributed by atoms with E-state index in [4.69, 9.17) is 11.5 Å². The zero-order valence-electron chi connectivity index (χ0n) is 7.72. The van der Waals surface area contributed by atoms with Gasteiger partial charge < -0.3 is 10.4 Å². The number of amides is 1. The molecule has 0 aliphatic carbocycles. The first-order valence-corrected chi connectivity index (χ1v) is 3.81. The maximum absolute atomic E-state index is 10.2. The molecule has 0 aliphatic heterocycles. The van der Waals surface area contributed by atoms with Crippen LogP contribution < -0.4 is 5.32 Å². The quantitative estimate of drug-likeness (QED) is 0.618. The van der Waals surface area contributed by atoms with Gasteiger partial charge in [-0.2, -0.15) is 0 Å². The smallest absolute Gasteiger partial charge is 0.405 e. The fourth-order valence-electron chi connectivity index (χ4n) is 0.913. The standard InChI is InChI=1S/C9H15NO2/c1-5-7(10-8(11)12)6-9(2,3)4/h1,7,10H,6H2,2-4H3,(H,11,12). The molecule has 0 saturated heterocycles. The lowest BCUT2D eigenvalue weighted by molar-refractivity contribution is 0.189. The van der Waals surface area contributed by atoms with Crippen molar-refractivity contribution in [3.8, 4) is 12.3 Å². The molecular formula is C9H15NO2. The average molecular weight is 169 g/mol. The first-order chi connectivity index (χ1) is 5.35. The molecule has 1 amide bonds. The largest absolute Gasteiger partial charge is 0.465 e. The molecule has 1 unspecified atom stereocenters. The van der Waals surface area contributed by atoms with Crippen LogP contribution in [0, 0.1) is 17.8 Å². The van der Waals surface area contributed by atoms with Gasteiger partial charge in [0.25, 0.3) is 0 Å². The van der Waals surface area contributed by atoms with Crippen molar-refractivity contribution in [3.05, 3.63) is 0 Å². The first kappa shape index (κ1) is 10.8. The van der Waals surface area contributed by atoms with Gasteiger partial charge in [0.05, 0.1) is 6.04 Å². The van der Waals surface area contributed by atoms with Gasteiger partial charge in [-0.1, -0.05) is 26.7 Å². The zero-order chi connectivity index (χ0) is 9.78. The summed E-state index contributed by atoms with van der Waals surface area (Å²) < 4.78 is 0. The van der Waals surface area contributed by atoms with E-state index in [1.54, 1.807) is 0 Å². The minimum Gasteiger partial charge on any atom is -0.465 e. The fourth-order valence-corrected chi connectivity index (χ4v) is 0.913. The van der Waals surface area contributed by atoms with Gasteiger partial charge >= 0.3 is 6.09 Å². The number of hydrogen-bond donors (Lipinski definition) is 2. The third-order valence-electron chi connectivity index (χ3n) is 1.32. The van der Waals surface area contributed by atoms with Gasteiger partial charge in [-0.15, -0.1) is 6.42 Å². The van der Waals surface area contributed by atoms with Crippen molar-refractivity contribution < 1.29 is 9.90 Å². The molecule has 0 aromatic rings. The second-order valence-electron chi connectivity index (χ2n) is 3.93. The molecule has 0 spiro atoms. The monoisotopic (exact) mass is 169 g/mol. The van der Waals surface area contributed by atoms with Crippen LogP contribution in [0.25, 0.3) is 0 Å². The molecule has 0 heterocycles. The van der Waals surface area contributed by atoms with Crippen LogP contribution in [-0.4, -0.2) is 17.2 Å². The molecule has 1 atom stereocenters. The van der Waals surface area contributed by atoms with Crippen LogP contribution >= 0.6 is 0 Å². The first-order valence-electron chi connectivity index (χ1n) is 3.81. The Morgan fingerprint density at radius 3 is 2.42 bits per heavy atom. The molecule has 68 valence electrons. The predicted molar refractivity (Wildman–Crippen MR) is 47.9 cm³/mol. The maximum atomic E-state index is 10.2. The van der Waals surface area contributed by atoms with Crippen molar-refractivity contribution in [1.82, 2.24) is 5.32 Å². The van der Waals surface area contributed by atoms with Crippen molar-refractivity contribution in [2.24, 2.45) is 5.41 Å². The number of rotatable bonds is 2. The molecule has 12 heavy (non-hydrogen) atoms. The van der Waals surface area contributed by atoms with Crippen LogP contribution in [-0.2, 0) is 0 Å². The van der Waals surface area contributed by atoms with Crippen LogP contribution in [0.3, 0.4) is 0 Å². The molecular weight excluding hydrogens is 154 g/mol. The van der Waals surface area contributed by atoms with Crippen LogP contribution in [0.5, 0.6) is 0 Å². The summed E-state index contributed by atoms with van der Waals surface area (Å²) >= 11 is 0. The second-order valence-corrected chi connectivity index (χ2v) is 3.93. The maximum Gasteiger partial charge on any atom is 0.405 e. The Bertz CT molecular complexity index is 198. The molecule has 0 saturated carbocycles. The second kappa shape index (κ2) is 4.01. The van der Waals surface area contributed by atoms with E-state index in [1.165, 1.54) is 0 Å². The fraction of sp³-hybridized carbons (Fsp3) is 0.667. The molecule has 0 aromatic carbocycles. The molecule has 0 fully saturated rings. The van der Waals surface area contributed by atoms with Gasteiger partial charge in [-0.3, -0.25) is 0 Å². The number of carboxylic acid groups (broad SMARTS) is 1. The minimum atomic E-state index is -1.07. The number of carbonyl (C=O) groups is 1. The molecule has 2 N–H and O–H groups in total. The SMILES string of the molecule is C#CC(CC(C)(C)C)NC(=O)O. The van der Waals surface area contributed by atoms with E-state index < -0.39 is 6.09 Å². The summed E-state index contributed by atoms with van der Waals surface area (Å²) in [6.07, 6.45) is 4.73. The Balaban J connectivity index is 4.03. The summed E-state index contributed by atoms with van der Waals surface area (Å²) in [5.74, 6) is 2.40. The van der Waals surface area contributed by atoms with Crippen LogP contribution in [0.15, 0.2) is 0 Å². The van der Waals surface area contributed by atoms with E-state index in [1.807, 2.05) is 20.8 Å². The van der Waals surface area contributed by atoms with E-state index in [2.05, 4.69) is 11.2 Å². The summed E-state index contributed by atoms with van der Waals surface area (Å²) in [6, 6.07) is -0.387. The summed E-state index contributed by atoms with van der Waals surface area (Å²) in [5.41, 5.74) is 0.0412. The van der Waals surface area contributed by atoms with Crippen molar-refractivity contribution >= 4 is 6.09 Å². The third-order valence-corrected chi connectivity index (χ3v) is 1.32. The van der Waals surface area contributed by atoms with Gasteiger partial charge in [-0.25, -0.2) is 4.79 Å². The predicted octanol–water partition coefficient (Wildman–Crippen LogP) is 1.69. The molecule has 0 bridgehead atoms. The summed E-state index contributed by atoms with van der Waals surface area (Å²) in [4.78, 5) is 10.2. The Morgan fingerprint density at radius 1 is 1.67 bits per heavy atom. The highest BCUT2D eigenvalue weighted by Gasteiger charge is 2.17. The van der Waals surface area contributed by atoms with E-state index >= 15 is 0 Å². The van der Waals surface area contributed by atoms with Crippen LogP contribution in [0.1, 0.15) is 27.2 Å². The normalized spacial score (nSPS) is 13.2. The van der Waals surface area contributed by atoms with Crippen LogP contribution in [0.2, 0.25) is 0 Å². The van der Waals surface area contributed by atoms with Gasteiger partial charge in [-0.05, 0) is 11.8 Å². The lowest BCUT2D eigenvalue weighted by Crippen LogP contribution is -2.35. The van der Waals surface area contributed by atoms with E-state index in [0.717, 1.165) is 0 Å². The van der Waals surface area contributed by atoms with Crippen molar-refractivity contribution in [3.63, 3.8) is 0 Å². The number of nitrogens with one attached hydrogen (secondary N) is 1. The molecule has 3 heteroatoms. The lowest BCUT2D eigenvalue weighted by Gasteiger charge is -2.22. The molecule has 0 aromatic heterocycles. The molecule has 0 rings (SSSR count). The van der Waals surface area contributed by atoms with Gasteiger partial charge in [0.15, 0.2) is 0 Å². The molecule has 0 radical (unpaired) electrons. The summed E-state index contributed by atoms with van der Waals surface area (Å²) in [7, 11) is 0. The van der Waals surface area contributed by atoms with Gasteiger partial charge in [0, 0.05) is 0 Å². The average Bonchev–Trinajstić information content (AvgIpc) is 1.82. The van der Waals surface area contributed by atoms with Crippen LogP contribution in [0.4, 0.5) is 4.79 Å². The van der Waals surface area contributed by atoms with Gasteiger partial charge in [0.2, 0.25) is 0 Å². The van der Waals surface area contributed by atoms with E-state index in [-0.39, 0.29) is 11.5 Å². The highest BCUT2D eigenvalue weighted by atomic mass is 16.4. The highest BCUT2D eigenvalue weighted by molar-refractivity contribution is 5.65. The van der Waals surface area contributed by atoms with Crippen molar-refractivity contribution in [1.29, 1.82) is 0 Å². The lowest BCUT2D eigenvalue weighted by atomic mass is 9.88. The topological polar surface area (TPSA) is 49.3 Å². The number of terminal acetylenes is 1. The minimum absolute atomic E-state index is 0.0412. The van der Waals surface area contributed by atoms with Gasteiger partial charge in [0.1, 0.15) is 0 Å². The Labute approximate surface area is 73.2 Å². The Morgan fingerprint density at radius 2 is 2.17 bits per heavy atom. The summed E-state index contributed by atoms with van der Waals surface area (Å²) in [6.45, 7) is 6.04. The highest BCUT2D eigenvalue weighted by Crippen LogP contribution is 2.20. The summed E-state index contributed by atoms with van der Waals surface area (Å²) in [5, 5.41) is 10.7. The zero-order valence-corrected chi connectivity index (χ0v) is 7.72. The molecule has 0 aliphatic rings. The Hall–Kier alpha value is -1.17.